The molecule has 0 fully saturated rings. The van der Waals surface area contributed by atoms with Gasteiger partial charge in [-0.25, -0.2) is 0 Å². The van der Waals surface area contributed by atoms with Crippen molar-refractivity contribution in [1.29, 1.82) is 0 Å². The van der Waals surface area contributed by atoms with E-state index in [9.17, 15) is 0 Å². The van der Waals surface area contributed by atoms with Crippen LogP contribution in [0.4, 0.5) is 5.69 Å². The molecule has 0 radical (unpaired) electrons. The number of methoxy groups -OCH3 is 1. The number of ether oxygens (including phenoxy) is 1. The molecule has 0 amide bonds. The Morgan fingerprint density at radius 1 is 1.50 bits per heavy atom. The zero-order valence-electron chi connectivity index (χ0n) is 10.8. The van der Waals surface area contributed by atoms with Gasteiger partial charge in [0.1, 0.15) is 0 Å². The van der Waals surface area contributed by atoms with Crippen molar-refractivity contribution < 1.29 is 4.74 Å². The number of rotatable bonds is 4. The van der Waals surface area contributed by atoms with Gasteiger partial charge in [0.05, 0.1) is 22.8 Å². The van der Waals surface area contributed by atoms with E-state index in [4.69, 9.17) is 16.3 Å². The van der Waals surface area contributed by atoms with Crippen molar-refractivity contribution in [2.75, 3.05) is 19.0 Å². The van der Waals surface area contributed by atoms with Crippen LogP contribution in [0.2, 0.25) is 5.02 Å². The van der Waals surface area contributed by atoms with E-state index in [-0.39, 0.29) is 6.04 Å². The summed E-state index contributed by atoms with van der Waals surface area (Å²) in [5.74, 6) is 0. The molecule has 0 saturated heterocycles. The number of pyridine rings is 1. The smallest absolute Gasteiger partial charge is 0.0752 e. The summed E-state index contributed by atoms with van der Waals surface area (Å²) in [5.41, 5.74) is 2.99. The predicted octanol–water partition coefficient (Wildman–Crippen LogP) is 3.64. The van der Waals surface area contributed by atoms with Gasteiger partial charge in [-0.2, -0.15) is 0 Å². The Morgan fingerprint density at radius 3 is 3.00 bits per heavy atom. The lowest BCUT2D eigenvalue weighted by Crippen LogP contribution is -2.21. The van der Waals surface area contributed by atoms with Crippen molar-refractivity contribution >= 4 is 28.2 Å². The summed E-state index contributed by atoms with van der Waals surface area (Å²) in [6.45, 7) is 4.71. The van der Waals surface area contributed by atoms with Gasteiger partial charge < -0.3 is 10.1 Å². The number of fused-ring (bicyclic) bond motifs is 1. The second-order valence-electron chi connectivity index (χ2n) is 4.45. The standard InChI is InChI=1S/C14H17ClN2O/c1-9-7-12(15)14(17-10(2)8-18-3)11-5-4-6-16-13(9)11/h4-7,10,17H,8H2,1-3H3. The summed E-state index contributed by atoms with van der Waals surface area (Å²) in [4.78, 5) is 4.41. The molecule has 1 N–H and O–H groups in total. The maximum Gasteiger partial charge on any atom is 0.0752 e. The van der Waals surface area contributed by atoms with Crippen LogP contribution in [0.1, 0.15) is 12.5 Å². The number of aryl methyl sites for hydroxylation is 1. The average molecular weight is 265 g/mol. The molecular weight excluding hydrogens is 248 g/mol. The van der Waals surface area contributed by atoms with E-state index >= 15 is 0 Å². The molecule has 96 valence electrons. The summed E-state index contributed by atoms with van der Waals surface area (Å²) >= 11 is 6.32. The van der Waals surface area contributed by atoms with E-state index in [2.05, 4.69) is 17.2 Å². The summed E-state index contributed by atoms with van der Waals surface area (Å²) < 4.78 is 5.13. The van der Waals surface area contributed by atoms with E-state index < -0.39 is 0 Å². The van der Waals surface area contributed by atoms with Crippen molar-refractivity contribution in [1.82, 2.24) is 4.98 Å². The SMILES string of the molecule is COCC(C)Nc1c(Cl)cc(C)c2ncccc12. The minimum Gasteiger partial charge on any atom is -0.383 e. The first-order chi connectivity index (χ1) is 8.63. The van der Waals surface area contributed by atoms with Gasteiger partial charge >= 0.3 is 0 Å². The van der Waals surface area contributed by atoms with Crippen LogP contribution in [0.5, 0.6) is 0 Å². The lowest BCUT2D eigenvalue weighted by atomic mass is 10.1. The number of benzene rings is 1. The van der Waals surface area contributed by atoms with Crippen molar-refractivity contribution in [3.05, 3.63) is 35.0 Å². The highest BCUT2D eigenvalue weighted by Gasteiger charge is 2.11. The zero-order chi connectivity index (χ0) is 13.1. The van der Waals surface area contributed by atoms with Gasteiger partial charge in [0.25, 0.3) is 0 Å². The zero-order valence-corrected chi connectivity index (χ0v) is 11.6. The third-order valence-electron chi connectivity index (χ3n) is 2.84. The molecule has 1 heterocycles. The Labute approximate surface area is 112 Å². The van der Waals surface area contributed by atoms with Crippen LogP contribution in [0, 0.1) is 6.92 Å². The van der Waals surface area contributed by atoms with Crippen LogP contribution in [0.15, 0.2) is 24.4 Å². The van der Waals surface area contributed by atoms with Crippen LogP contribution in [0.25, 0.3) is 10.9 Å². The Balaban J connectivity index is 2.49. The van der Waals surface area contributed by atoms with Crippen molar-refractivity contribution in [3.63, 3.8) is 0 Å². The largest absolute Gasteiger partial charge is 0.383 e. The van der Waals surface area contributed by atoms with E-state index in [0.717, 1.165) is 27.2 Å². The first-order valence-electron chi connectivity index (χ1n) is 5.92. The van der Waals surface area contributed by atoms with Crippen LogP contribution in [0.3, 0.4) is 0 Å². The van der Waals surface area contributed by atoms with E-state index in [1.165, 1.54) is 0 Å². The fourth-order valence-electron chi connectivity index (χ4n) is 2.07. The minimum absolute atomic E-state index is 0.193. The number of nitrogens with one attached hydrogen (secondary N) is 1. The lowest BCUT2D eigenvalue weighted by molar-refractivity contribution is 0.190. The fourth-order valence-corrected chi connectivity index (χ4v) is 2.39. The second-order valence-corrected chi connectivity index (χ2v) is 4.86. The molecule has 0 bridgehead atoms. The normalized spacial score (nSPS) is 12.7. The lowest BCUT2D eigenvalue weighted by Gasteiger charge is -2.18. The molecule has 1 aromatic heterocycles. The average Bonchev–Trinajstić information content (AvgIpc) is 2.35. The molecule has 0 saturated carbocycles. The highest BCUT2D eigenvalue weighted by molar-refractivity contribution is 6.35. The molecule has 1 atom stereocenters. The number of halogens is 1. The quantitative estimate of drug-likeness (QED) is 0.915. The van der Waals surface area contributed by atoms with Crippen molar-refractivity contribution in [2.24, 2.45) is 0 Å². The molecule has 0 aliphatic carbocycles. The maximum atomic E-state index is 6.32. The monoisotopic (exact) mass is 264 g/mol. The van der Waals surface area contributed by atoms with E-state index in [1.807, 2.05) is 25.1 Å². The Kier molecular flexibility index (Phi) is 4.04. The molecule has 1 unspecified atom stereocenters. The van der Waals surface area contributed by atoms with Crippen LogP contribution < -0.4 is 5.32 Å². The second kappa shape index (κ2) is 5.55. The van der Waals surface area contributed by atoms with Crippen molar-refractivity contribution in [3.8, 4) is 0 Å². The number of aromatic nitrogens is 1. The number of hydrogen-bond donors (Lipinski definition) is 1. The first-order valence-corrected chi connectivity index (χ1v) is 6.30. The molecule has 2 aromatic rings. The molecule has 0 aliphatic heterocycles. The molecule has 3 nitrogen and oxygen atoms in total. The predicted molar refractivity (Wildman–Crippen MR) is 76.5 cm³/mol. The maximum absolute atomic E-state index is 6.32. The summed E-state index contributed by atoms with van der Waals surface area (Å²) in [7, 11) is 1.69. The Bertz CT molecular complexity index is 557. The Morgan fingerprint density at radius 2 is 2.28 bits per heavy atom. The van der Waals surface area contributed by atoms with Gasteiger partial charge in [-0.3, -0.25) is 4.98 Å². The number of hydrogen-bond acceptors (Lipinski definition) is 3. The van der Waals surface area contributed by atoms with Gasteiger partial charge in [0.15, 0.2) is 0 Å². The van der Waals surface area contributed by atoms with Crippen LogP contribution in [-0.4, -0.2) is 24.7 Å². The van der Waals surface area contributed by atoms with E-state index in [1.54, 1.807) is 13.3 Å². The number of nitrogens with zero attached hydrogens (tertiary/aromatic N) is 1. The topological polar surface area (TPSA) is 34.1 Å². The molecule has 18 heavy (non-hydrogen) atoms. The highest BCUT2D eigenvalue weighted by atomic mass is 35.5. The molecule has 0 aliphatic rings. The number of anilines is 1. The van der Waals surface area contributed by atoms with Gasteiger partial charge in [-0.1, -0.05) is 11.6 Å². The molecule has 0 spiro atoms. The highest BCUT2D eigenvalue weighted by Crippen LogP contribution is 2.32. The summed E-state index contributed by atoms with van der Waals surface area (Å²) in [6, 6.07) is 6.09. The molecular formula is C14H17ClN2O. The van der Waals surface area contributed by atoms with Crippen LogP contribution in [-0.2, 0) is 4.74 Å². The fraction of sp³-hybridized carbons (Fsp3) is 0.357. The third kappa shape index (κ3) is 2.57. The first kappa shape index (κ1) is 13.1. The molecule has 4 heteroatoms. The van der Waals surface area contributed by atoms with Gasteiger partial charge in [0, 0.05) is 24.7 Å². The summed E-state index contributed by atoms with van der Waals surface area (Å²) in [5, 5.41) is 5.15. The van der Waals surface area contributed by atoms with Gasteiger partial charge in [0.2, 0.25) is 0 Å². The molecule has 2 rings (SSSR count). The minimum atomic E-state index is 0.193. The van der Waals surface area contributed by atoms with Gasteiger partial charge in [-0.05, 0) is 37.6 Å². The van der Waals surface area contributed by atoms with E-state index in [0.29, 0.717) is 6.61 Å². The van der Waals surface area contributed by atoms with Gasteiger partial charge in [-0.15, -0.1) is 0 Å². The third-order valence-corrected chi connectivity index (χ3v) is 3.14. The molecule has 1 aromatic carbocycles. The summed E-state index contributed by atoms with van der Waals surface area (Å²) in [6.07, 6.45) is 1.80. The van der Waals surface area contributed by atoms with Crippen LogP contribution >= 0.6 is 11.6 Å². The van der Waals surface area contributed by atoms with Crippen molar-refractivity contribution in [2.45, 2.75) is 19.9 Å². The Hall–Kier alpha value is -1.32.